The van der Waals surface area contributed by atoms with Gasteiger partial charge in [0.1, 0.15) is 12.6 Å². The lowest BCUT2D eigenvalue weighted by molar-refractivity contribution is -0.171. The van der Waals surface area contributed by atoms with Crippen molar-refractivity contribution in [3.63, 3.8) is 0 Å². The topological polar surface area (TPSA) is 160 Å². The summed E-state index contributed by atoms with van der Waals surface area (Å²) in [6.45, 7) is 14.5. The van der Waals surface area contributed by atoms with E-state index in [-0.39, 0.29) is 44.3 Å². The number of amides is 5. The highest BCUT2D eigenvalue weighted by Crippen LogP contribution is 2.33. The molecule has 3 atom stereocenters. The first-order valence-corrected chi connectivity index (χ1v) is 13.8. The van der Waals surface area contributed by atoms with Crippen LogP contribution in [0.25, 0.3) is 0 Å². The Morgan fingerprint density at radius 2 is 1.58 bits per heavy atom. The predicted molar refractivity (Wildman–Crippen MR) is 162 cm³/mol. The minimum Gasteiger partial charge on any atom is -0.453 e. The SMILES string of the molecule is C#C.C#C.CC.CC.CC(C)C.COC(=O)NCC(=O)N1CC[C@@H](C(F)(F)F)C1.NC(=O)[C@H](C[C@@H]1CCNC1=O)NC=O. The molecule has 0 unspecified atom stereocenters. The van der Waals surface area contributed by atoms with Crippen molar-refractivity contribution in [1.82, 2.24) is 20.9 Å². The summed E-state index contributed by atoms with van der Waals surface area (Å²) in [7, 11) is 1.13. The Bertz CT molecular complexity index is 796. The number of alkyl halides is 3. The minimum atomic E-state index is -4.27. The van der Waals surface area contributed by atoms with Crippen LogP contribution in [0.5, 0.6) is 0 Å². The van der Waals surface area contributed by atoms with Crippen molar-refractivity contribution in [3.8, 4) is 25.7 Å². The van der Waals surface area contributed by atoms with E-state index in [4.69, 9.17) is 5.73 Å². The van der Waals surface area contributed by atoms with E-state index in [9.17, 15) is 37.1 Å². The number of ether oxygens (including phenoxy) is 1. The summed E-state index contributed by atoms with van der Waals surface area (Å²) in [4.78, 5) is 55.4. The zero-order valence-electron chi connectivity index (χ0n) is 26.8. The van der Waals surface area contributed by atoms with Gasteiger partial charge >= 0.3 is 12.3 Å². The number of alkyl carbamates (subject to hydrolysis) is 1. The van der Waals surface area contributed by atoms with Gasteiger partial charge in [0.15, 0.2) is 0 Å². The number of carbonyl (C=O) groups excluding carboxylic acids is 5. The number of likely N-dealkylation sites (tertiary alicyclic amines) is 1. The molecule has 0 radical (unpaired) electrons. The number of nitrogens with two attached hydrogens (primary N) is 1. The highest BCUT2D eigenvalue weighted by atomic mass is 19.4. The van der Waals surface area contributed by atoms with E-state index < -0.39 is 36.0 Å². The molecule has 5 N–H and O–H groups in total. The van der Waals surface area contributed by atoms with Crippen LogP contribution in [0.2, 0.25) is 0 Å². The lowest BCUT2D eigenvalue weighted by Gasteiger charge is -2.17. The van der Waals surface area contributed by atoms with Gasteiger partial charge in [0.2, 0.25) is 24.1 Å². The fraction of sp³-hybridized carbons (Fsp3) is 0.690. The molecular weight excluding hydrogens is 571 g/mol. The van der Waals surface area contributed by atoms with Gasteiger partial charge in [0.05, 0.1) is 13.0 Å². The molecule has 0 bridgehead atoms. The fourth-order valence-corrected chi connectivity index (χ4v) is 3.09. The van der Waals surface area contributed by atoms with Crippen molar-refractivity contribution < 1.29 is 41.9 Å². The normalized spacial score (nSPS) is 16.6. The van der Waals surface area contributed by atoms with E-state index in [1.54, 1.807) is 0 Å². The predicted octanol–water partition coefficient (Wildman–Crippen LogP) is 3.08. The average molecular weight is 624 g/mol. The molecule has 2 saturated heterocycles. The molecule has 0 aliphatic carbocycles. The van der Waals surface area contributed by atoms with Gasteiger partial charge in [-0.2, -0.15) is 13.2 Å². The molecule has 5 amide bonds. The third kappa shape index (κ3) is 26.7. The van der Waals surface area contributed by atoms with Crippen LogP contribution in [0.3, 0.4) is 0 Å². The first kappa shape index (κ1) is 48.8. The third-order valence-corrected chi connectivity index (χ3v) is 4.87. The summed E-state index contributed by atoms with van der Waals surface area (Å²) in [5.74, 6) is -2.09. The van der Waals surface area contributed by atoms with Crippen LogP contribution >= 0.6 is 0 Å². The smallest absolute Gasteiger partial charge is 0.407 e. The largest absolute Gasteiger partial charge is 0.453 e. The van der Waals surface area contributed by atoms with Crippen LogP contribution in [0.4, 0.5) is 18.0 Å². The van der Waals surface area contributed by atoms with Crippen molar-refractivity contribution in [1.29, 1.82) is 0 Å². The Balaban J connectivity index is -0.000000166. The fourth-order valence-electron chi connectivity index (χ4n) is 3.09. The second-order valence-corrected chi connectivity index (χ2v) is 8.70. The highest BCUT2D eigenvalue weighted by molar-refractivity contribution is 5.85. The van der Waals surface area contributed by atoms with E-state index in [0.717, 1.165) is 17.9 Å². The van der Waals surface area contributed by atoms with Crippen molar-refractivity contribution in [2.75, 3.05) is 33.3 Å². The van der Waals surface area contributed by atoms with Crippen molar-refractivity contribution in [2.24, 2.45) is 23.5 Å². The van der Waals surface area contributed by atoms with E-state index in [1.165, 1.54) is 0 Å². The van der Waals surface area contributed by atoms with Crippen LogP contribution in [-0.2, 0) is 23.9 Å². The number of nitrogens with zero attached hydrogens (tertiary/aromatic N) is 1. The molecule has 2 fully saturated rings. The number of methoxy groups -OCH3 is 1. The quantitative estimate of drug-likeness (QED) is 0.252. The van der Waals surface area contributed by atoms with Crippen LogP contribution in [-0.4, -0.2) is 80.6 Å². The van der Waals surface area contributed by atoms with Gasteiger partial charge in [0.25, 0.3) is 0 Å². The van der Waals surface area contributed by atoms with Crippen LogP contribution < -0.4 is 21.7 Å². The van der Waals surface area contributed by atoms with Crippen molar-refractivity contribution in [3.05, 3.63) is 0 Å². The van der Waals surface area contributed by atoms with Gasteiger partial charge < -0.3 is 31.3 Å². The molecule has 250 valence electrons. The van der Waals surface area contributed by atoms with Crippen LogP contribution in [0.1, 0.15) is 67.7 Å². The average Bonchev–Trinajstić information content (AvgIpc) is 3.65. The Labute approximate surface area is 255 Å². The number of carbonyl (C=O) groups is 5. The molecule has 0 aromatic rings. The van der Waals surface area contributed by atoms with Gasteiger partial charge in [-0.1, -0.05) is 48.5 Å². The molecule has 11 nitrogen and oxygen atoms in total. The first-order chi connectivity index (χ1) is 20.2. The molecule has 2 aliphatic rings. The van der Waals surface area contributed by atoms with Gasteiger partial charge in [0, 0.05) is 25.6 Å². The zero-order chi connectivity index (χ0) is 35.2. The molecule has 0 saturated carbocycles. The van der Waals surface area contributed by atoms with Crippen LogP contribution in [0.15, 0.2) is 0 Å². The maximum absolute atomic E-state index is 12.3. The van der Waals surface area contributed by atoms with Gasteiger partial charge in [-0.05, 0) is 25.2 Å². The number of terminal acetylenes is 2. The van der Waals surface area contributed by atoms with Crippen LogP contribution in [0, 0.1) is 43.4 Å². The van der Waals surface area contributed by atoms with E-state index in [2.05, 4.69) is 67.2 Å². The molecule has 2 aliphatic heterocycles. The van der Waals surface area contributed by atoms with E-state index in [1.807, 2.05) is 27.7 Å². The lowest BCUT2D eigenvalue weighted by atomic mass is 9.98. The standard InChI is InChI=1S/C9H13F3N2O3.C8H13N3O3.C4H10.2C2H6.2C2H2/c1-17-8(16)13-4-7(15)14-3-2-6(5-14)9(10,11)12;9-7(13)6(11-4-12)3-5-1-2-10-8(5)14;1-4(2)3;4*1-2/h6H,2-5H2,1H3,(H,13,16);4-6H,1-3H2,(H2,9,13)(H,10,14)(H,11,12);4H,1-3H3;2*1-2H3;2*1-2H/t6-;5-,6-;;;;;/m10...../s1. The Morgan fingerprint density at radius 3 is 1.91 bits per heavy atom. The van der Waals surface area contributed by atoms with Crippen molar-refractivity contribution >= 4 is 30.2 Å². The number of hydrogen-bond acceptors (Lipinski definition) is 6. The summed E-state index contributed by atoms with van der Waals surface area (Å²) < 4.78 is 41.3. The Kier molecular flexibility index (Phi) is 35.2. The van der Waals surface area contributed by atoms with E-state index in [0.29, 0.717) is 19.4 Å². The Hall–Kier alpha value is -3.94. The summed E-state index contributed by atoms with van der Waals surface area (Å²) in [6.07, 6.45) is 12.2. The number of halogens is 3. The maximum Gasteiger partial charge on any atom is 0.407 e. The molecule has 2 rings (SSSR count). The number of primary amides is 1. The summed E-state index contributed by atoms with van der Waals surface area (Å²) in [5, 5.41) is 7.07. The molecule has 0 aromatic heterocycles. The van der Waals surface area contributed by atoms with Crippen molar-refractivity contribution in [2.45, 2.75) is 79.9 Å². The van der Waals surface area contributed by atoms with Gasteiger partial charge in [-0.3, -0.25) is 19.2 Å². The first-order valence-electron chi connectivity index (χ1n) is 13.8. The lowest BCUT2D eigenvalue weighted by Crippen LogP contribution is -2.42. The summed E-state index contributed by atoms with van der Waals surface area (Å²) in [5.41, 5.74) is 5.05. The van der Waals surface area contributed by atoms with Gasteiger partial charge in [-0.15, -0.1) is 25.7 Å². The molecule has 0 spiro atoms. The molecule has 0 aromatic carbocycles. The molecular formula is C29H52F3N5O6. The van der Waals surface area contributed by atoms with Gasteiger partial charge in [-0.25, -0.2) is 4.79 Å². The molecule has 43 heavy (non-hydrogen) atoms. The number of hydrogen-bond donors (Lipinski definition) is 4. The minimum absolute atomic E-state index is 0.0614. The second-order valence-electron chi connectivity index (χ2n) is 8.70. The summed E-state index contributed by atoms with van der Waals surface area (Å²) in [6, 6.07) is -0.749. The zero-order valence-corrected chi connectivity index (χ0v) is 26.8. The number of rotatable bonds is 7. The monoisotopic (exact) mass is 623 g/mol. The molecule has 14 heteroatoms. The molecule has 2 heterocycles. The third-order valence-electron chi connectivity index (χ3n) is 4.87. The second kappa shape index (κ2) is 31.0. The summed E-state index contributed by atoms with van der Waals surface area (Å²) >= 11 is 0. The van der Waals surface area contributed by atoms with E-state index >= 15 is 0 Å². The highest BCUT2D eigenvalue weighted by Gasteiger charge is 2.44. The number of nitrogens with one attached hydrogen (secondary N) is 3. The Morgan fingerprint density at radius 1 is 1.09 bits per heavy atom. The maximum atomic E-state index is 12.3.